The first-order chi connectivity index (χ1) is 8.08. The van der Waals surface area contributed by atoms with Crippen LogP contribution in [0.1, 0.15) is 26.2 Å². The standard InChI is InChI=1S/C12H22N2O2S/c1-9(17)13-4-6-14(7-5-13)12(16)10-2-3-11(15)8-10/h9-11,15,17H,2-8H2,1H3. The number of rotatable bonds is 2. The third-order valence-corrected chi connectivity index (χ3v) is 4.24. The van der Waals surface area contributed by atoms with Gasteiger partial charge in [-0.1, -0.05) is 0 Å². The molecule has 1 heterocycles. The summed E-state index contributed by atoms with van der Waals surface area (Å²) in [5, 5.41) is 9.74. The average molecular weight is 258 g/mol. The number of carbonyl (C=O) groups excluding carboxylic acids is 1. The molecule has 1 N–H and O–H groups in total. The summed E-state index contributed by atoms with van der Waals surface area (Å²) >= 11 is 4.41. The summed E-state index contributed by atoms with van der Waals surface area (Å²) in [6.45, 7) is 5.48. The SMILES string of the molecule is CC(S)N1CCN(C(=O)C2CCC(O)C2)CC1. The van der Waals surface area contributed by atoms with E-state index in [2.05, 4.69) is 24.5 Å². The van der Waals surface area contributed by atoms with Crippen molar-refractivity contribution < 1.29 is 9.90 Å². The van der Waals surface area contributed by atoms with Gasteiger partial charge in [-0.05, 0) is 26.2 Å². The fourth-order valence-corrected chi connectivity index (χ4v) is 2.99. The third kappa shape index (κ3) is 3.14. The number of thiol groups is 1. The summed E-state index contributed by atoms with van der Waals surface area (Å²) in [6, 6.07) is 0. The van der Waals surface area contributed by atoms with Crippen LogP contribution in [0.25, 0.3) is 0 Å². The summed E-state index contributed by atoms with van der Waals surface area (Å²) in [4.78, 5) is 16.4. The van der Waals surface area contributed by atoms with Gasteiger partial charge in [0.2, 0.25) is 5.91 Å². The van der Waals surface area contributed by atoms with Gasteiger partial charge in [0.15, 0.2) is 0 Å². The highest BCUT2D eigenvalue weighted by atomic mass is 32.1. The highest BCUT2D eigenvalue weighted by Crippen LogP contribution is 2.27. The smallest absolute Gasteiger partial charge is 0.225 e. The molecule has 98 valence electrons. The summed E-state index contributed by atoms with van der Waals surface area (Å²) in [7, 11) is 0. The first-order valence-corrected chi connectivity index (χ1v) is 6.98. The minimum Gasteiger partial charge on any atom is -0.393 e. The molecule has 0 aromatic heterocycles. The molecule has 0 radical (unpaired) electrons. The fourth-order valence-electron chi connectivity index (χ4n) is 2.76. The Morgan fingerprint density at radius 1 is 1.29 bits per heavy atom. The Morgan fingerprint density at radius 2 is 1.94 bits per heavy atom. The van der Waals surface area contributed by atoms with Crippen molar-refractivity contribution in [3.63, 3.8) is 0 Å². The maximum atomic E-state index is 12.2. The molecule has 5 heteroatoms. The molecular formula is C12H22N2O2S. The van der Waals surface area contributed by atoms with Gasteiger partial charge >= 0.3 is 0 Å². The number of piperazine rings is 1. The molecule has 1 amide bonds. The Kier molecular flexibility index (Phi) is 4.33. The van der Waals surface area contributed by atoms with Crippen molar-refractivity contribution in [2.75, 3.05) is 26.2 Å². The lowest BCUT2D eigenvalue weighted by molar-refractivity contribution is -0.137. The fraction of sp³-hybridized carbons (Fsp3) is 0.917. The van der Waals surface area contributed by atoms with Gasteiger partial charge in [0.25, 0.3) is 0 Å². The van der Waals surface area contributed by atoms with Crippen LogP contribution in [0.3, 0.4) is 0 Å². The van der Waals surface area contributed by atoms with Gasteiger partial charge in [0.1, 0.15) is 0 Å². The van der Waals surface area contributed by atoms with Crippen molar-refractivity contribution in [2.45, 2.75) is 37.7 Å². The van der Waals surface area contributed by atoms with E-state index in [1.165, 1.54) is 0 Å². The van der Waals surface area contributed by atoms with E-state index in [9.17, 15) is 9.90 Å². The second kappa shape index (κ2) is 5.59. The molecule has 2 aliphatic rings. The molecule has 1 aliphatic carbocycles. The average Bonchev–Trinajstić information content (AvgIpc) is 2.75. The number of aliphatic hydroxyl groups excluding tert-OH is 1. The first kappa shape index (κ1) is 13.2. The molecule has 17 heavy (non-hydrogen) atoms. The predicted octanol–water partition coefficient (Wildman–Crippen LogP) is 0.567. The van der Waals surface area contributed by atoms with Gasteiger partial charge in [0, 0.05) is 32.1 Å². The number of hydrogen-bond acceptors (Lipinski definition) is 4. The second-order valence-corrected chi connectivity index (χ2v) is 5.90. The topological polar surface area (TPSA) is 43.8 Å². The van der Waals surface area contributed by atoms with E-state index < -0.39 is 0 Å². The Morgan fingerprint density at radius 3 is 2.41 bits per heavy atom. The van der Waals surface area contributed by atoms with Gasteiger partial charge in [-0.3, -0.25) is 9.69 Å². The lowest BCUT2D eigenvalue weighted by Gasteiger charge is -2.37. The van der Waals surface area contributed by atoms with Gasteiger partial charge in [-0.25, -0.2) is 0 Å². The van der Waals surface area contributed by atoms with Crippen LogP contribution in [-0.4, -0.2) is 58.5 Å². The van der Waals surface area contributed by atoms with Crippen molar-refractivity contribution in [3.8, 4) is 0 Å². The Hall–Kier alpha value is -0.260. The van der Waals surface area contributed by atoms with Crippen molar-refractivity contribution in [1.82, 2.24) is 9.80 Å². The largest absolute Gasteiger partial charge is 0.393 e. The quantitative estimate of drug-likeness (QED) is 0.712. The summed E-state index contributed by atoms with van der Waals surface area (Å²) in [6.07, 6.45) is 2.03. The molecular weight excluding hydrogens is 236 g/mol. The molecule has 0 bridgehead atoms. The highest BCUT2D eigenvalue weighted by molar-refractivity contribution is 7.80. The molecule has 1 saturated heterocycles. The van der Waals surface area contributed by atoms with Crippen LogP contribution < -0.4 is 0 Å². The Balaban J connectivity index is 1.82. The summed E-state index contributed by atoms with van der Waals surface area (Å²) < 4.78 is 0. The van der Waals surface area contributed by atoms with Crippen molar-refractivity contribution in [1.29, 1.82) is 0 Å². The van der Waals surface area contributed by atoms with E-state index in [1.807, 2.05) is 4.90 Å². The first-order valence-electron chi connectivity index (χ1n) is 6.47. The minimum atomic E-state index is -0.261. The lowest BCUT2D eigenvalue weighted by Crippen LogP contribution is -2.51. The molecule has 4 nitrogen and oxygen atoms in total. The highest BCUT2D eigenvalue weighted by Gasteiger charge is 2.33. The molecule has 3 unspecified atom stereocenters. The van der Waals surface area contributed by atoms with Gasteiger partial charge < -0.3 is 10.0 Å². The number of nitrogens with zero attached hydrogens (tertiary/aromatic N) is 2. The number of hydrogen-bond donors (Lipinski definition) is 2. The van der Waals surface area contributed by atoms with Crippen molar-refractivity contribution >= 4 is 18.5 Å². The van der Waals surface area contributed by atoms with Crippen LogP contribution in [0.4, 0.5) is 0 Å². The predicted molar refractivity (Wildman–Crippen MR) is 69.9 cm³/mol. The Labute approximate surface area is 108 Å². The maximum absolute atomic E-state index is 12.2. The maximum Gasteiger partial charge on any atom is 0.225 e. The zero-order valence-corrected chi connectivity index (χ0v) is 11.3. The van der Waals surface area contributed by atoms with E-state index in [1.54, 1.807) is 0 Å². The van der Waals surface area contributed by atoms with Gasteiger partial charge in [0.05, 0.1) is 11.5 Å². The number of aliphatic hydroxyl groups is 1. The molecule has 1 aliphatic heterocycles. The molecule has 2 fully saturated rings. The van der Waals surface area contributed by atoms with E-state index >= 15 is 0 Å². The zero-order valence-electron chi connectivity index (χ0n) is 10.4. The number of amides is 1. The molecule has 3 atom stereocenters. The van der Waals surface area contributed by atoms with E-state index in [-0.39, 0.29) is 23.3 Å². The van der Waals surface area contributed by atoms with Crippen LogP contribution in [0.15, 0.2) is 0 Å². The molecule has 2 rings (SSSR count). The normalized spacial score (nSPS) is 32.8. The molecule has 0 aromatic carbocycles. The van der Waals surface area contributed by atoms with E-state index in [0.29, 0.717) is 6.42 Å². The van der Waals surface area contributed by atoms with Crippen molar-refractivity contribution in [3.05, 3.63) is 0 Å². The van der Waals surface area contributed by atoms with Crippen LogP contribution in [0.2, 0.25) is 0 Å². The second-order valence-electron chi connectivity index (χ2n) is 5.16. The van der Waals surface area contributed by atoms with E-state index in [4.69, 9.17) is 0 Å². The van der Waals surface area contributed by atoms with Crippen molar-refractivity contribution in [2.24, 2.45) is 5.92 Å². The van der Waals surface area contributed by atoms with Crippen LogP contribution in [0, 0.1) is 5.92 Å². The van der Waals surface area contributed by atoms with E-state index in [0.717, 1.165) is 39.0 Å². The Bertz CT molecular complexity index is 278. The zero-order chi connectivity index (χ0) is 12.4. The van der Waals surface area contributed by atoms with Crippen LogP contribution >= 0.6 is 12.6 Å². The third-order valence-electron chi connectivity index (χ3n) is 3.91. The molecule has 0 aromatic rings. The van der Waals surface area contributed by atoms with Gasteiger partial charge in [-0.15, -0.1) is 0 Å². The van der Waals surface area contributed by atoms with Crippen LogP contribution in [0.5, 0.6) is 0 Å². The monoisotopic (exact) mass is 258 g/mol. The van der Waals surface area contributed by atoms with Crippen LogP contribution in [-0.2, 0) is 4.79 Å². The molecule has 0 spiro atoms. The summed E-state index contributed by atoms with van der Waals surface area (Å²) in [5.41, 5.74) is 0. The number of carbonyl (C=O) groups is 1. The minimum absolute atomic E-state index is 0.0602. The lowest BCUT2D eigenvalue weighted by atomic mass is 10.1. The summed E-state index contributed by atoms with van der Waals surface area (Å²) in [5.74, 6) is 0.304. The van der Waals surface area contributed by atoms with Gasteiger partial charge in [-0.2, -0.15) is 12.6 Å². The molecule has 1 saturated carbocycles.